The van der Waals surface area contributed by atoms with Crippen LogP contribution in [-0.4, -0.2) is 17.0 Å². The summed E-state index contributed by atoms with van der Waals surface area (Å²) in [5.74, 6) is 0. The van der Waals surface area contributed by atoms with Gasteiger partial charge < -0.3 is 5.11 Å². The van der Waals surface area contributed by atoms with Crippen molar-refractivity contribution in [3.8, 4) is 0 Å². The molecule has 1 nitrogen and oxygen atoms in total. The minimum Gasteiger partial charge on any atom is -0.395 e. The minimum absolute atomic E-state index is 0.236. The summed E-state index contributed by atoms with van der Waals surface area (Å²) in [5, 5.41) is 9.06. The number of hydrogen-bond donors (Lipinski definition) is 1. The summed E-state index contributed by atoms with van der Waals surface area (Å²) in [6, 6.07) is 10.1. The molecule has 1 rings (SSSR count). The highest BCUT2D eigenvalue weighted by atomic mass is 32.2. The topological polar surface area (TPSA) is 20.2 Å². The molecule has 0 saturated carbocycles. The first-order valence-electron chi connectivity index (χ1n) is 3.65. The quantitative estimate of drug-likeness (QED) is 0.698. The van der Waals surface area contributed by atoms with E-state index in [2.05, 4.69) is 12.1 Å². The van der Waals surface area contributed by atoms with E-state index < -0.39 is 0 Å². The van der Waals surface area contributed by atoms with Gasteiger partial charge in [0.15, 0.2) is 0 Å². The van der Waals surface area contributed by atoms with Crippen molar-refractivity contribution in [1.29, 1.82) is 0 Å². The van der Waals surface area contributed by atoms with Gasteiger partial charge in [0, 0.05) is 10.1 Å². The first-order chi connectivity index (χ1) is 5.33. The lowest BCUT2D eigenvalue weighted by Gasteiger charge is -2.05. The Morgan fingerprint density at radius 1 is 1.36 bits per heavy atom. The average Bonchev–Trinajstić information content (AvgIpc) is 2.06. The summed E-state index contributed by atoms with van der Waals surface area (Å²) in [6.07, 6.45) is 0. The van der Waals surface area contributed by atoms with Gasteiger partial charge in [-0.3, -0.25) is 0 Å². The molecule has 0 radical (unpaired) electrons. The molecule has 11 heavy (non-hydrogen) atoms. The van der Waals surface area contributed by atoms with Crippen LogP contribution in [0.2, 0.25) is 0 Å². The summed E-state index contributed by atoms with van der Waals surface area (Å²) in [4.78, 5) is 1.22. The van der Waals surface area contributed by atoms with Gasteiger partial charge in [-0.1, -0.05) is 25.1 Å². The third kappa shape index (κ3) is 2.95. The summed E-state index contributed by atoms with van der Waals surface area (Å²) in [6.45, 7) is 2.25. The summed E-state index contributed by atoms with van der Waals surface area (Å²) >= 11 is 1.69. The molecule has 0 unspecified atom stereocenters. The van der Waals surface area contributed by atoms with Crippen LogP contribution in [0.25, 0.3) is 0 Å². The molecule has 1 atom stereocenters. The second-order valence-corrected chi connectivity index (χ2v) is 3.94. The highest BCUT2D eigenvalue weighted by molar-refractivity contribution is 8.00. The van der Waals surface area contributed by atoms with E-state index >= 15 is 0 Å². The van der Waals surface area contributed by atoms with E-state index in [4.69, 9.17) is 5.11 Å². The SMILES string of the molecule is C[C@H](CO)Sc1ccccc1. The molecular weight excluding hydrogens is 156 g/mol. The molecular formula is C9H12OS. The molecule has 0 aromatic heterocycles. The smallest absolute Gasteiger partial charge is 0.0550 e. The molecule has 0 bridgehead atoms. The Labute approximate surface area is 71.4 Å². The lowest BCUT2D eigenvalue weighted by Crippen LogP contribution is -2.00. The number of benzene rings is 1. The molecule has 0 aliphatic heterocycles. The van der Waals surface area contributed by atoms with Gasteiger partial charge in [-0.15, -0.1) is 11.8 Å². The van der Waals surface area contributed by atoms with Crippen LogP contribution in [0.4, 0.5) is 0 Å². The molecule has 0 heterocycles. The zero-order valence-electron chi connectivity index (χ0n) is 6.53. The highest BCUT2D eigenvalue weighted by Gasteiger charge is 2.00. The largest absolute Gasteiger partial charge is 0.395 e. The Morgan fingerprint density at radius 2 is 2.00 bits per heavy atom. The predicted molar refractivity (Wildman–Crippen MR) is 48.8 cm³/mol. The van der Waals surface area contributed by atoms with E-state index in [1.807, 2.05) is 25.1 Å². The van der Waals surface area contributed by atoms with Crippen molar-refractivity contribution in [1.82, 2.24) is 0 Å². The summed E-state index contributed by atoms with van der Waals surface area (Å²) < 4.78 is 0. The van der Waals surface area contributed by atoms with Crippen LogP contribution in [-0.2, 0) is 0 Å². The molecule has 0 spiro atoms. The van der Waals surface area contributed by atoms with E-state index in [-0.39, 0.29) is 11.9 Å². The predicted octanol–water partition coefficient (Wildman–Crippen LogP) is 2.16. The number of aliphatic hydroxyl groups is 1. The van der Waals surface area contributed by atoms with Crippen LogP contribution in [0.15, 0.2) is 35.2 Å². The van der Waals surface area contributed by atoms with Crippen LogP contribution in [0.1, 0.15) is 6.92 Å². The zero-order chi connectivity index (χ0) is 8.10. The van der Waals surface area contributed by atoms with Crippen molar-refractivity contribution in [3.05, 3.63) is 30.3 Å². The molecule has 0 amide bonds. The van der Waals surface area contributed by atoms with Gasteiger partial charge >= 0.3 is 0 Å². The molecule has 1 aromatic carbocycles. The van der Waals surface area contributed by atoms with E-state index in [0.29, 0.717) is 0 Å². The van der Waals surface area contributed by atoms with Gasteiger partial charge in [0.25, 0.3) is 0 Å². The Kier molecular flexibility index (Phi) is 3.46. The van der Waals surface area contributed by atoms with E-state index in [1.165, 1.54) is 4.90 Å². The third-order valence-electron chi connectivity index (χ3n) is 1.34. The Morgan fingerprint density at radius 3 is 2.55 bits per heavy atom. The minimum atomic E-state index is 0.236. The first kappa shape index (κ1) is 8.62. The number of thioether (sulfide) groups is 1. The molecule has 0 aliphatic rings. The van der Waals surface area contributed by atoms with Crippen LogP contribution < -0.4 is 0 Å². The lowest BCUT2D eigenvalue weighted by molar-refractivity contribution is 0.300. The van der Waals surface area contributed by atoms with Crippen LogP contribution >= 0.6 is 11.8 Å². The zero-order valence-corrected chi connectivity index (χ0v) is 7.34. The standard InChI is InChI=1S/C9H12OS/c1-8(7-10)11-9-5-3-2-4-6-9/h2-6,8,10H,7H2,1H3/t8-/m1/s1. The van der Waals surface area contributed by atoms with Gasteiger partial charge in [0.2, 0.25) is 0 Å². The van der Waals surface area contributed by atoms with Gasteiger partial charge in [-0.2, -0.15) is 0 Å². The Balaban J connectivity index is 2.51. The number of aliphatic hydroxyl groups excluding tert-OH is 1. The second kappa shape index (κ2) is 4.42. The van der Waals surface area contributed by atoms with Crippen LogP contribution in [0, 0.1) is 0 Å². The van der Waals surface area contributed by atoms with Crippen molar-refractivity contribution in [3.63, 3.8) is 0 Å². The number of hydrogen-bond acceptors (Lipinski definition) is 2. The molecule has 0 fully saturated rings. The fourth-order valence-corrected chi connectivity index (χ4v) is 1.62. The maximum atomic E-state index is 8.78. The van der Waals surface area contributed by atoms with Gasteiger partial charge in [0.1, 0.15) is 0 Å². The normalized spacial score (nSPS) is 12.9. The third-order valence-corrected chi connectivity index (χ3v) is 2.43. The monoisotopic (exact) mass is 168 g/mol. The van der Waals surface area contributed by atoms with Crippen molar-refractivity contribution >= 4 is 11.8 Å². The molecule has 0 saturated heterocycles. The van der Waals surface area contributed by atoms with Crippen LogP contribution in [0.5, 0.6) is 0 Å². The average molecular weight is 168 g/mol. The van der Waals surface area contributed by atoms with Crippen LogP contribution in [0.3, 0.4) is 0 Å². The highest BCUT2D eigenvalue weighted by Crippen LogP contribution is 2.21. The van der Waals surface area contributed by atoms with Crippen molar-refractivity contribution in [2.45, 2.75) is 17.1 Å². The Hall–Kier alpha value is -0.470. The number of rotatable bonds is 3. The summed E-state index contributed by atoms with van der Waals surface area (Å²) in [5.41, 5.74) is 0. The fraction of sp³-hybridized carbons (Fsp3) is 0.333. The van der Waals surface area contributed by atoms with Gasteiger partial charge in [0.05, 0.1) is 6.61 Å². The molecule has 60 valence electrons. The Bertz CT molecular complexity index is 198. The maximum absolute atomic E-state index is 8.78. The maximum Gasteiger partial charge on any atom is 0.0550 e. The van der Waals surface area contributed by atoms with E-state index in [0.717, 1.165) is 0 Å². The molecule has 2 heteroatoms. The van der Waals surface area contributed by atoms with Crippen molar-refractivity contribution in [2.24, 2.45) is 0 Å². The van der Waals surface area contributed by atoms with Crippen molar-refractivity contribution in [2.75, 3.05) is 6.61 Å². The first-order valence-corrected chi connectivity index (χ1v) is 4.53. The van der Waals surface area contributed by atoms with Crippen molar-refractivity contribution < 1.29 is 5.11 Å². The van der Waals surface area contributed by atoms with E-state index in [9.17, 15) is 0 Å². The molecule has 0 aliphatic carbocycles. The summed E-state index contributed by atoms with van der Waals surface area (Å²) in [7, 11) is 0. The lowest BCUT2D eigenvalue weighted by atomic mass is 10.4. The van der Waals surface area contributed by atoms with Gasteiger partial charge in [-0.25, -0.2) is 0 Å². The fourth-order valence-electron chi connectivity index (χ4n) is 0.769. The molecule has 1 aromatic rings. The van der Waals surface area contributed by atoms with E-state index in [1.54, 1.807) is 11.8 Å². The molecule has 1 N–H and O–H groups in total. The van der Waals surface area contributed by atoms with Gasteiger partial charge in [-0.05, 0) is 12.1 Å². The second-order valence-electron chi connectivity index (χ2n) is 2.42.